The number of nitrogens with zero attached hydrogens (tertiary/aromatic N) is 1. The van der Waals surface area contributed by atoms with Gasteiger partial charge in [0, 0.05) is 29.4 Å². The van der Waals surface area contributed by atoms with Crippen molar-refractivity contribution in [2.75, 3.05) is 11.9 Å². The van der Waals surface area contributed by atoms with Gasteiger partial charge in [-0.3, -0.25) is 0 Å². The number of fused-ring (bicyclic) bond motifs is 2. The summed E-state index contributed by atoms with van der Waals surface area (Å²) in [5.41, 5.74) is 6.58. The first-order valence-electron chi connectivity index (χ1n) is 6.62. The second-order valence-electron chi connectivity index (χ2n) is 5.26. The van der Waals surface area contributed by atoms with Crippen LogP contribution in [-0.2, 0) is 0 Å². The SMILES string of the molecule is Cc1ccc2c(c1)N(C)c1cccc3cccc-2c13. The standard InChI is InChI=1S/C18H15N/c1-12-9-10-14-15-7-3-5-13-6-4-8-16(18(13)15)19(2)17(14)11-12/h3-11H,1-2H3. The third-order valence-electron chi connectivity index (χ3n) is 4.05. The number of aryl methyl sites for hydroxylation is 1. The molecule has 4 rings (SSSR count). The predicted molar refractivity (Wildman–Crippen MR) is 82.2 cm³/mol. The van der Waals surface area contributed by atoms with Gasteiger partial charge in [0.1, 0.15) is 0 Å². The van der Waals surface area contributed by atoms with Crippen molar-refractivity contribution < 1.29 is 0 Å². The number of hydrogen-bond donors (Lipinski definition) is 0. The normalized spacial score (nSPS) is 12.6. The van der Waals surface area contributed by atoms with Gasteiger partial charge in [-0.15, -0.1) is 0 Å². The molecule has 0 amide bonds. The van der Waals surface area contributed by atoms with Crippen molar-refractivity contribution in [2.45, 2.75) is 6.92 Å². The number of anilines is 2. The molecule has 0 spiro atoms. The highest BCUT2D eigenvalue weighted by molar-refractivity contribution is 6.11. The van der Waals surface area contributed by atoms with Crippen molar-refractivity contribution in [1.29, 1.82) is 0 Å². The van der Waals surface area contributed by atoms with E-state index in [9.17, 15) is 0 Å². The Kier molecular flexibility index (Phi) is 2.02. The van der Waals surface area contributed by atoms with Crippen molar-refractivity contribution in [1.82, 2.24) is 0 Å². The molecule has 0 atom stereocenters. The second kappa shape index (κ2) is 3.61. The first-order valence-corrected chi connectivity index (χ1v) is 6.62. The first-order chi connectivity index (χ1) is 9.25. The van der Waals surface area contributed by atoms with E-state index in [0.29, 0.717) is 0 Å². The molecular weight excluding hydrogens is 230 g/mol. The summed E-state index contributed by atoms with van der Waals surface area (Å²) in [5.74, 6) is 0. The summed E-state index contributed by atoms with van der Waals surface area (Å²) >= 11 is 0. The number of rotatable bonds is 0. The van der Waals surface area contributed by atoms with Gasteiger partial charge >= 0.3 is 0 Å². The molecule has 3 aromatic rings. The van der Waals surface area contributed by atoms with Crippen LogP contribution in [0.3, 0.4) is 0 Å². The minimum absolute atomic E-state index is 1.30. The van der Waals surface area contributed by atoms with E-state index in [4.69, 9.17) is 0 Å². The third-order valence-corrected chi connectivity index (χ3v) is 4.05. The average Bonchev–Trinajstić information content (AvgIpc) is 2.44. The molecule has 1 aliphatic rings. The van der Waals surface area contributed by atoms with E-state index in [1.165, 1.54) is 38.8 Å². The quantitative estimate of drug-likeness (QED) is 0.544. The first kappa shape index (κ1) is 10.6. The molecule has 0 unspecified atom stereocenters. The summed E-state index contributed by atoms with van der Waals surface area (Å²) in [6, 6.07) is 19.8. The van der Waals surface area contributed by atoms with E-state index in [0.717, 1.165) is 0 Å². The van der Waals surface area contributed by atoms with E-state index in [1.54, 1.807) is 0 Å². The second-order valence-corrected chi connectivity index (χ2v) is 5.26. The number of benzene rings is 3. The molecule has 3 aromatic carbocycles. The molecule has 0 radical (unpaired) electrons. The van der Waals surface area contributed by atoms with E-state index >= 15 is 0 Å². The van der Waals surface area contributed by atoms with Crippen LogP contribution in [-0.4, -0.2) is 7.05 Å². The molecule has 0 aromatic heterocycles. The fourth-order valence-corrected chi connectivity index (χ4v) is 3.10. The summed E-state index contributed by atoms with van der Waals surface area (Å²) in [6.07, 6.45) is 0. The van der Waals surface area contributed by atoms with Gasteiger partial charge in [-0.1, -0.05) is 42.5 Å². The summed E-state index contributed by atoms with van der Waals surface area (Å²) < 4.78 is 0. The lowest BCUT2D eigenvalue weighted by Crippen LogP contribution is -2.14. The molecule has 1 heterocycles. The minimum Gasteiger partial charge on any atom is -0.344 e. The Morgan fingerprint density at radius 3 is 2.42 bits per heavy atom. The molecule has 0 saturated heterocycles. The zero-order valence-electron chi connectivity index (χ0n) is 11.1. The molecule has 0 saturated carbocycles. The fraction of sp³-hybridized carbons (Fsp3) is 0.111. The lowest BCUT2D eigenvalue weighted by molar-refractivity contribution is 1.20. The van der Waals surface area contributed by atoms with Gasteiger partial charge in [-0.05, 0) is 35.6 Å². The minimum atomic E-state index is 1.30. The topological polar surface area (TPSA) is 3.24 Å². The highest BCUT2D eigenvalue weighted by Gasteiger charge is 2.21. The Morgan fingerprint density at radius 1 is 0.789 bits per heavy atom. The smallest absolute Gasteiger partial charge is 0.0494 e. The lowest BCUT2D eigenvalue weighted by Gasteiger charge is -2.30. The van der Waals surface area contributed by atoms with Gasteiger partial charge < -0.3 is 4.90 Å². The van der Waals surface area contributed by atoms with E-state index in [-0.39, 0.29) is 0 Å². The van der Waals surface area contributed by atoms with Crippen molar-refractivity contribution in [3.05, 3.63) is 60.2 Å². The molecular formula is C18H15N. The van der Waals surface area contributed by atoms with Crippen molar-refractivity contribution in [3.8, 4) is 11.1 Å². The van der Waals surface area contributed by atoms with Crippen LogP contribution >= 0.6 is 0 Å². The van der Waals surface area contributed by atoms with Crippen LogP contribution in [0.15, 0.2) is 54.6 Å². The van der Waals surface area contributed by atoms with Crippen LogP contribution in [0.25, 0.3) is 21.9 Å². The average molecular weight is 245 g/mol. The highest BCUT2D eigenvalue weighted by Crippen LogP contribution is 2.46. The van der Waals surface area contributed by atoms with Crippen LogP contribution in [0.2, 0.25) is 0 Å². The molecule has 92 valence electrons. The van der Waals surface area contributed by atoms with E-state index in [1.807, 2.05) is 0 Å². The maximum Gasteiger partial charge on any atom is 0.0494 e. The predicted octanol–water partition coefficient (Wildman–Crippen LogP) is 4.90. The summed E-state index contributed by atoms with van der Waals surface area (Å²) in [5, 5.41) is 2.68. The van der Waals surface area contributed by atoms with Crippen LogP contribution in [0.5, 0.6) is 0 Å². The van der Waals surface area contributed by atoms with Crippen LogP contribution < -0.4 is 4.90 Å². The molecule has 1 nitrogen and oxygen atoms in total. The zero-order chi connectivity index (χ0) is 13.0. The Labute approximate surface area is 113 Å². The van der Waals surface area contributed by atoms with Gasteiger partial charge in [0.05, 0.1) is 0 Å². The van der Waals surface area contributed by atoms with Crippen LogP contribution in [0, 0.1) is 6.92 Å². The Morgan fingerprint density at radius 2 is 1.58 bits per heavy atom. The summed E-state index contributed by atoms with van der Waals surface area (Å²) in [6.45, 7) is 2.15. The largest absolute Gasteiger partial charge is 0.344 e. The monoisotopic (exact) mass is 245 g/mol. The van der Waals surface area contributed by atoms with Gasteiger partial charge in [0.25, 0.3) is 0 Å². The molecule has 1 heteroatoms. The summed E-state index contributed by atoms with van der Waals surface area (Å²) in [7, 11) is 2.16. The maximum atomic E-state index is 2.30. The number of hydrogen-bond acceptors (Lipinski definition) is 1. The van der Waals surface area contributed by atoms with E-state index < -0.39 is 0 Å². The molecule has 0 bridgehead atoms. The van der Waals surface area contributed by atoms with Crippen LogP contribution in [0.4, 0.5) is 11.4 Å². The van der Waals surface area contributed by atoms with Crippen molar-refractivity contribution in [3.63, 3.8) is 0 Å². The van der Waals surface area contributed by atoms with Crippen molar-refractivity contribution >= 4 is 22.1 Å². The van der Waals surface area contributed by atoms with Crippen LogP contribution in [0.1, 0.15) is 5.56 Å². The Bertz CT molecular complexity index is 797. The van der Waals surface area contributed by atoms with Gasteiger partial charge in [0.15, 0.2) is 0 Å². The van der Waals surface area contributed by atoms with Gasteiger partial charge in [0.2, 0.25) is 0 Å². The fourth-order valence-electron chi connectivity index (χ4n) is 3.10. The van der Waals surface area contributed by atoms with Crippen molar-refractivity contribution in [2.24, 2.45) is 0 Å². The van der Waals surface area contributed by atoms with Gasteiger partial charge in [-0.2, -0.15) is 0 Å². The third kappa shape index (κ3) is 1.36. The van der Waals surface area contributed by atoms with Gasteiger partial charge in [-0.25, -0.2) is 0 Å². The Balaban J connectivity index is 2.20. The van der Waals surface area contributed by atoms with E-state index in [2.05, 4.69) is 73.5 Å². The molecule has 19 heavy (non-hydrogen) atoms. The molecule has 0 N–H and O–H groups in total. The zero-order valence-corrected chi connectivity index (χ0v) is 11.1. The molecule has 0 aliphatic carbocycles. The summed E-state index contributed by atoms with van der Waals surface area (Å²) in [4.78, 5) is 2.30. The molecule has 1 aliphatic heterocycles. The highest BCUT2D eigenvalue weighted by atomic mass is 15.1. The Hall–Kier alpha value is -2.28. The maximum absolute atomic E-state index is 2.30. The molecule has 0 fully saturated rings. The lowest BCUT2D eigenvalue weighted by atomic mass is 9.91.